The highest BCUT2D eigenvalue weighted by molar-refractivity contribution is 7.31. The lowest BCUT2D eigenvalue weighted by atomic mass is 9.68. The molecule has 39 heavy (non-hydrogen) atoms. The van der Waals surface area contributed by atoms with Crippen molar-refractivity contribution >= 4 is 8.81 Å². The lowest BCUT2D eigenvalue weighted by Crippen LogP contribution is -2.25. The number of unbranched alkanes of at least 4 members (excludes halogenated alkanes) is 10. The standard InChI is InChI=1S/C34H57F2O2P/c1-2-3-11-14-27-15-17-28(18-16-27)29-19-21-30(22-20-29)31-23-24-32(34(36)33(31)35)38-25-12-9-7-5-4-6-8-10-13-26-39-37/h23-24,27-30,37,39H,2-22,25-26H2,1H3. The summed E-state index contributed by atoms with van der Waals surface area (Å²) in [7, 11) is 0.0996. The second kappa shape index (κ2) is 19.4. The molecule has 5 heteroatoms. The summed E-state index contributed by atoms with van der Waals surface area (Å²) in [5.74, 6) is 1.33. The van der Waals surface area contributed by atoms with E-state index in [0.29, 0.717) is 12.2 Å². The van der Waals surface area contributed by atoms with Crippen LogP contribution in [0.15, 0.2) is 12.1 Å². The average Bonchev–Trinajstić information content (AvgIpc) is 2.96. The van der Waals surface area contributed by atoms with Gasteiger partial charge in [0.1, 0.15) is 0 Å². The fourth-order valence-electron chi connectivity index (χ4n) is 7.23. The SMILES string of the molecule is CCCCCC1CCC(C2CCC(c3ccc(OCCCCCCCCCCCPO)c(F)c3F)CC2)CC1. The second-order valence-corrected chi connectivity index (χ2v) is 13.4. The number of benzene rings is 1. The molecular formula is C34H57F2O2P. The predicted molar refractivity (Wildman–Crippen MR) is 163 cm³/mol. The molecule has 224 valence electrons. The number of ether oxygens (including phenoxy) is 1. The summed E-state index contributed by atoms with van der Waals surface area (Å²) in [6, 6.07) is 3.46. The number of rotatable bonds is 19. The third kappa shape index (κ3) is 11.6. The van der Waals surface area contributed by atoms with Crippen LogP contribution < -0.4 is 4.74 Å². The Labute approximate surface area is 240 Å². The molecule has 0 heterocycles. The highest BCUT2D eigenvalue weighted by Crippen LogP contribution is 2.45. The lowest BCUT2D eigenvalue weighted by molar-refractivity contribution is 0.155. The van der Waals surface area contributed by atoms with Gasteiger partial charge < -0.3 is 9.63 Å². The van der Waals surface area contributed by atoms with Crippen LogP contribution in [-0.2, 0) is 0 Å². The molecule has 2 fully saturated rings. The third-order valence-corrected chi connectivity index (χ3v) is 10.3. The Hall–Kier alpha value is -0.730. The van der Waals surface area contributed by atoms with Crippen molar-refractivity contribution in [3.05, 3.63) is 29.3 Å². The molecule has 2 aliphatic carbocycles. The summed E-state index contributed by atoms with van der Waals surface area (Å²) < 4.78 is 35.5. The molecule has 0 aliphatic heterocycles. The van der Waals surface area contributed by atoms with Gasteiger partial charge in [0.25, 0.3) is 0 Å². The van der Waals surface area contributed by atoms with E-state index in [1.54, 1.807) is 12.1 Å². The molecule has 0 amide bonds. The molecule has 1 aromatic rings. The van der Waals surface area contributed by atoms with Gasteiger partial charge in [-0.1, -0.05) is 96.5 Å². The topological polar surface area (TPSA) is 29.5 Å². The fourth-order valence-corrected chi connectivity index (χ4v) is 7.64. The molecule has 2 nitrogen and oxygen atoms in total. The zero-order chi connectivity index (χ0) is 27.7. The Bertz CT molecular complexity index is 773. The van der Waals surface area contributed by atoms with Crippen LogP contribution in [0.1, 0.15) is 153 Å². The molecule has 1 aromatic carbocycles. The molecule has 2 aliphatic rings. The van der Waals surface area contributed by atoms with Crippen LogP contribution in [0.4, 0.5) is 8.78 Å². The smallest absolute Gasteiger partial charge is 0.200 e. The van der Waals surface area contributed by atoms with Gasteiger partial charge in [0.2, 0.25) is 5.82 Å². The first-order chi connectivity index (χ1) is 19.1. The molecule has 3 rings (SSSR count). The van der Waals surface area contributed by atoms with Crippen LogP contribution in [0.2, 0.25) is 0 Å². The molecule has 0 saturated heterocycles. The second-order valence-electron chi connectivity index (χ2n) is 12.6. The monoisotopic (exact) mass is 566 g/mol. The van der Waals surface area contributed by atoms with Gasteiger partial charge in [-0.05, 0) is 92.8 Å². The van der Waals surface area contributed by atoms with Crippen molar-refractivity contribution in [1.82, 2.24) is 0 Å². The van der Waals surface area contributed by atoms with Crippen molar-refractivity contribution in [2.24, 2.45) is 17.8 Å². The Kier molecular flexibility index (Phi) is 16.3. The highest BCUT2D eigenvalue weighted by atomic mass is 31.1. The molecule has 1 atom stereocenters. The number of hydrogen-bond acceptors (Lipinski definition) is 2. The maximum atomic E-state index is 15.0. The van der Waals surface area contributed by atoms with E-state index in [1.807, 2.05) is 0 Å². The van der Waals surface area contributed by atoms with Crippen molar-refractivity contribution in [1.29, 1.82) is 0 Å². The first kappa shape index (κ1) is 32.8. The molecule has 0 aromatic heterocycles. The van der Waals surface area contributed by atoms with Gasteiger partial charge >= 0.3 is 0 Å². The van der Waals surface area contributed by atoms with Crippen molar-refractivity contribution in [2.75, 3.05) is 12.8 Å². The quantitative estimate of drug-likeness (QED) is 0.133. The van der Waals surface area contributed by atoms with Crippen LogP contribution in [0.5, 0.6) is 5.75 Å². The molecule has 0 spiro atoms. The van der Waals surface area contributed by atoms with E-state index in [9.17, 15) is 4.39 Å². The zero-order valence-electron chi connectivity index (χ0n) is 24.8. The van der Waals surface area contributed by atoms with Crippen LogP contribution >= 0.6 is 8.81 Å². The van der Waals surface area contributed by atoms with E-state index in [4.69, 9.17) is 9.63 Å². The van der Waals surface area contributed by atoms with E-state index < -0.39 is 11.6 Å². The minimum absolute atomic E-state index is 0.0733. The highest BCUT2D eigenvalue weighted by Gasteiger charge is 2.32. The number of hydrogen-bond donors (Lipinski definition) is 1. The van der Waals surface area contributed by atoms with Gasteiger partial charge in [0, 0.05) is 8.81 Å². The summed E-state index contributed by atoms with van der Waals surface area (Å²) >= 11 is 0. The van der Waals surface area contributed by atoms with E-state index in [1.165, 1.54) is 103 Å². The maximum Gasteiger partial charge on any atom is 0.200 e. The Morgan fingerprint density at radius 1 is 0.718 bits per heavy atom. The first-order valence-corrected chi connectivity index (χ1v) is 17.8. The molecule has 0 radical (unpaired) electrons. The van der Waals surface area contributed by atoms with E-state index in [2.05, 4.69) is 6.92 Å². The summed E-state index contributed by atoms with van der Waals surface area (Å²) in [6.45, 7) is 2.73. The van der Waals surface area contributed by atoms with Crippen molar-refractivity contribution in [2.45, 2.75) is 148 Å². The summed E-state index contributed by atoms with van der Waals surface area (Å²) in [6.07, 6.45) is 26.8. The largest absolute Gasteiger partial charge is 0.490 e. The predicted octanol–water partition coefficient (Wildman–Crippen LogP) is 11.1. The van der Waals surface area contributed by atoms with Gasteiger partial charge in [0.05, 0.1) is 6.61 Å². The average molecular weight is 567 g/mol. The van der Waals surface area contributed by atoms with E-state index >= 15 is 4.39 Å². The van der Waals surface area contributed by atoms with Crippen molar-refractivity contribution in [3.63, 3.8) is 0 Å². The summed E-state index contributed by atoms with van der Waals surface area (Å²) in [5, 5.41) is 0. The molecule has 1 unspecified atom stereocenters. The Morgan fingerprint density at radius 3 is 1.92 bits per heavy atom. The van der Waals surface area contributed by atoms with Gasteiger partial charge in [-0.3, -0.25) is 0 Å². The maximum absolute atomic E-state index is 15.0. The number of halogens is 2. The summed E-state index contributed by atoms with van der Waals surface area (Å²) in [5.41, 5.74) is 0.565. The van der Waals surface area contributed by atoms with Gasteiger partial charge in [-0.15, -0.1) is 0 Å². The van der Waals surface area contributed by atoms with Gasteiger partial charge in [-0.2, -0.15) is 4.39 Å². The van der Waals surface area contributed by atoms with Gasteiger partial charge in [-0.25, -0.2) is 4.39 Å². The lowest BCUT2D eigenvalue weighted by Gasteiger charge is -2.38. The van der Waals surface area contributed by atoms with Crippen molar-refractivity contribution in [3.8, 4) is 5.75 Å². The molecule has 2 saturated carbocycles. The minimum Gasteiger partial charge on any atom is -0.490 e. The van der Waals surface area contributed by atoms with Crippen molar-refractivity contribution < 1.29 is 18.4 Å². The molecule has 0 bridgehead atoms. The van der Waals surface area contributed by atoms with Crippen LogP contribution in [-0.4, -0.2) is 17.7 Å². The fraction of sp³-hybridized carbons (Fsp3) is 0.824. The van der Waals surface area contributed by atoms with E-state index in [0.717, 1.165) is 56.0 Å². The van der Waals surface area contributed by atoms with Crippen LogP contribution in [0.3, 0.4) is 0 Å². The van der Waals surface area contributed by atoms with Crippen LogP contribution in [0, 0.1) is 29.4 Å². The van der Waals surface area contributed by atoms with E-state index in [-0.39, 0.29) is 20.5 Å². The first-order valence-electron chi connectivity index (χ1n) is 16.6. The Morgan fingerprint density at radius 2 is 1.31 bits per heavy atom. The van der Waals surface area contributed by atoms with Crippen LogP contribution in [0.25, 0.3) is 0 Å². The van der Waals surface area contributed by atoms with Gasteiger partial charge in [0.15, 0.2) is 11.6 Å². The minimum atomic E-state index is -0.794. The third-order valence-electron chi connectivity index (χ3n) is 9.75. The zero-order valence-corrected chi connectivity index (χ0v) is 25.8. The molecular weight excluding hydrogens is 509 g/mol. The normalized spacial score (nSPS) is 24.0. The molecule has 1 N–H and O–H groups in total. The summed E-state index contributed by atoms with van der Waals surface area (Å²) in [4.78, 5) is 8.83. The Balaban J connectivity index is 1.30.